The topological polar surface area (TPSA) is 210 Å². The van der Waals surface area contributed by atoms with E-state index in [1.54, 1.807) is 19.4 Å². The number of nitrogens with zero attached hydrogens (tertiary/aromatic N) is 10. The molecule has 19 nitrogen and oxygen atoms in total. The summed E-state index contributed by atoms with van der Waals surface area (Å²) in [4.78, 5) is 50.9. The Bertz CT molecular complexity index is 2770. The van der Waals surface area contributed by atoms with Gasteiger partial charge >= 0.3 is 5.69 Å². The second kappa shape index (κ2) is 16.1. The first kappa shape index (κ1) is 40.6. The van der Waals surface area contributed by atoms with Gasteiger partial charge in [0.05, 0.1) is 33.9 Å². The number of piperazine rings is 1. The molecule has 0 saturated carbocycles. The quantitative estimate of drug-likeness (QED) is 0.143. The van der Waals surface area contributed by atoms with E-state index in [0.29, 0.717) is 59.7 Å². The molecule has 2 fully saturated rings. The zero-order chi connectivity index (χ0) is 42.5. The van der Waals surface area contributed by atoms with Crippen LogP contribution in [0.15, 0.2) is 64.8 Å². The third-order valence-corrected chi connectivity index (χ3v) is 12.9. The van der Waals surface area contributed by atoms with E-state index in [-0.39, 0.29) is 59.7 Å². The number of aromatic amines is 1. The minimum Gasteiger partial charge on any atom is -0.485 e. The highest BCUT2D eigenvalue weighted by molar-refractivity contribution is 7.89. The molecular weight excluding hydrogens is 798 g/mol. The summed E-state index contributed by atoms with van der Waals surface area (Å²) in [6.07, 6.45) is 5.55. The smallest absolute Gasteiger partial charge is 0.329 e. The highest BCUT2D eigenvalue weighted by Gasteiger charge is 2.32. The molecule has 3 N–H and O–H groups in total. The van der Waals surface area contributed by atoms with Gasteiger partial charge < -0.3 is 15.0 Å². The van der Waals surface area contributed by atoms with Crippen LogP contribution in [0.1, 0.15) is 46.1 Å². The van der Waals surface area contributed by atoms with Crippen LogP contribution in [-0.2, 0) is 26.7 Å². The van der Waals surface area contributed by atoms with Gasteiger partial charge in [0.2, 0.25) is 33.4 Å². The number of benzene rings is 2. The number of imidazole rings is 1. The van der Waals surface area contributed by atoms with Crippen LogP contribution in [0.5, 0.6) is 5.75 Å². The van der Waals surface area contributed by atoms with E-state index in [9.17, 15) is 22.8 Å². The first-order chi connectivity index (χ1) is 28.7. The van der Waals surface area contributed by atoms with Crippen molar-refractivity contribution in [3.05, 3.63) is 71.4 Å². The lowest BCUT2D eigenvalue weighted by atomic mass is 10.1. The number of hydrogen-bond donors (Lipinski definition) is 3. The van der Waals surface area contributed by atoms with Crippen LogP contribution in [0.4, 0.5) is 21.7 Å². The number of aryl methyl sites for hydroxylation is 1. The van der Waals surface area contributed by atoms with Crippen molar-refractivity contribution in [2.75, 3.05) is 50.0 Å². The molecule has 6 heterocycles. The van der Waals surface area contributed by atoms with Crippen molar-refractivity contribution in [3.8, 4) is 17.0 Å². The molecule has 4 aromatic heterocycles. The Morgan fingerprint density at radius 2 is 1.92 bits per heavy atom. The standard InChI is InChI=1S/C39H46FN13O6S/c1-23(2)59-35-34(25-19-42-43-20-25)41-22-52-36(35)46-38(47-52)44-29-9-8-27(18-28(29)40)60(57,58)48(4)13-6-14-50-15-16-51(21-24(50)3)26-7-10-30-32(17-26)49(5)39(56)53(30)31-11-12-33(54)45-37(31)55/h7-10,17-20,22-24,31H,6,11-16,21H2,1-5H3,(H,42,43)(H,44,47)(H,45,54,55)/t24-,31?/m1/s1. The fourth-order valence-corrected chi connectivity index (χ4v) is 9.06. The monoisotopic (exact) mass is 843 g/mol. The summed E-state index contributed by atoms with van der Waals surface area (Å²) in [6, 6.07) is 8.83. The molecule has 0 aliphatic carbocycles. The molecule has 0 bridgehead atoms. The predicted octanol–water partition coefficient (Wildman–Crippen LogP) is 3.04. The van der Waals surface area contributed by atoms with Gasteiger partial charge in [-0.1, -0.05) is 0 Å². The molecule has 2 amide bonds. The van der Waals surface area contributed by atoms with Gasteiger partial charge in [0.25, 0.3) is 0 Å². The minimum absolute atomic E-state index is 0.00965. The van der Waals surface area contributed by atoms with E-state index in [0.717, 1.165) is 18.3 Å². The number of ether oxygens (including phenoxy) is 1. The van der Waals surface area contributed by atoms with Crippen LogP contribution >= 0.6 is 0 Å². The van der Waals surface area contributed by atoms with Crippen molar-refractivity contribution in [2.45, 2.75) is 63.1 Å². The molecular formula is C39H46FN13O6S. The average molecular weight is 844 g/mol. The van der Waals surface area contributed by atoms with Gasteiger partial charge in [0.15, 0.2) is 5.75 Å². The van der Waals surface area contributed by atoms with Crippen molar-refractivity contribution < 1.29 is 27.1 Å². The molecule has 8 rings (SSSR count). The summed E-state index contributed by atoms with van der Waals surface area (Å²) in [5.74, 6) is -1.16. The SMILES string of the molecule is CC(C)Oc1c(-c2cn[nH]c2)ncn2nc(Nc3ccc(S(=O)(=O)N(C)CCCN4CCN(c5ccc6c(c5)n(C)c(=O)n6C5CCC(=O)NC5=O)C[C@H]4C)cc3F)nc12. The molecule has 2 aliphatic rings. The average Bonchev–Trinajstić information content (AvgIpc) is 3.95. The Balaban J connectivity index is 0.874. The van der Waals surface area contributed by atoms with Crippen LogP contribution < -0.4 is 26.0 Å². The number of H-pyrrole nitrogens is 1. The molecule has 2 saturated heterocycles. The highest BCUT2D eigenvalue weighted by atomic mass is 32.2. The van der Waals surface area contributed by atoms with Crippen molar-refractivity contribution >= 4 is 55.8 Å². The second-order valence-corrected chi connectivity index (χ2v) is 17.5. The number of sulfonamides is 1. The van der Waals surface area contributed by atoms with Crippen LogP contribution in [0.3, 0.4) is 0 Å². The number of hydrogen-bond acceptors (Lipinski definition) is 13. The van der Waals surface area contributed by atoms with Crippen molar-refractivity contribution in [1.82, 2.24) is 53.4 Å². The number of carbonyl (C=O) groups is 2. The molecule has 1 unspecified atom stereocenters. The first-order valence-electron chi connectivity index (χ1n) is 19.7. The Morgan fingerprint density at radius 1 is 1.10 bits per heavy atom. The molecule has 21 heteroatoms. The number of fused-ring (bicyclic) bond motifs is 2. The number of anilines is 3. The number of piperidine rings is 1. The lowest BCUT2D eigenvalue weighted by Crippen LogP contribution is -2.52. The summed E-state index contributed by atoms with van der Waals surface area (Å²) in [5, 5.41) is 16.3. The summed E-state index contributed by atoms with van der Waals surface area (Å²) in [7, 11) is -0.841. The lowest BCUT2D eigenvalue weighted by Gasteiger charge is -2.41. The van der Waals surface area contributed by atoms with Crippen molar-refractivity contribution in [1.29, 1.82) is 0 Å². The van der Waals surface area contributed by atoms with Gasteiger partial charge in [0, 0.05) is 70.2 Å². The Morgan fingerprint density at radius 3 is 2.63 bits per heavy atom. The van der Waals surface area contributed by atoms with E-state index in [1.807, 2.05) is 32.0 Å². The zero-order valence-electron chi connectivity index (χ0n) is 33.8. The second-order valence-electron chi connectivity index (χ2n) is 15.4. The summed E-state index contributed by atoms with van der Waals surface area (Å²) in [5.41, 5.74) is 3.50. The van der Waals surface area contributed by atoms with Gasteiger partial charge in [-0.3, -0.25) is 34.0 Å². The van der Waals surface area contributed by atoms with Crippen LogP contribution in [-0.4, -0.2) is 120 Å². The molecule has 6 aromatic rings. The van der Waals surface area contributed by atoms with E-state index in [4.69, 9.17) is 4.74 Å². The van der Waals surface area contributed by atoms with Gasteiger partial charge in [-0.2, -0.15) is 14.6 Å². The number of aromatic nitrogens is 8. The number of imide groups is 1. The largest absolute Gasteiger partial charge is 0.485 e. The van der Waals surface area contributed by atoms with Gasteiger partial charge in [0.1, 0.15) is 23.9 Å². The molecule has 60 heavy (non-hydrogen) atoms. The summed E-state index contributed by atoms with van der Waals surface area (Å²) < 4.78 is 54.3. The maximum absolute atomic E-state index is 15.5. The van der Waals surface area contributed by atoms with Crippen LogP contribution in [0, 0.1) is 5.82 Å². The summed E-state index contributed by atoms with van der Waals surface area (Å²) in [6.45, 7) is 8.91. The van der Waals surface area contributed by atoms with Gasteiger partial charge in [-0.05, 0) is 76.6 Å². The Labute approximate surface area is 344 Å². The maximum atomic E-state index is 15.5. The van der Waals surface area contributed by atoms with Gasteiger partial charge in [-0.25, -0.2) is 26.9 Å². The normalized spacial score (nSPS) is 18.0. The van der Waals surface area contributed by atoms with Crippen molar-refractivity contribution in [3.63, 3.8) is 0 Å². The lowest BCUT2D eigenvalue weighted by molar-refractivity contribution is -0.135. The fraction of sp³-hybridized carbons (Fsp3) is 0.410. The molecule has 0 spiro atoms. The van der Waals surface area contributed by atoms with Crippen LogP contribution in [0.25, 0.3) is 27.9 Å². The van der Waals surface area contributed by atoms with Crippen molar-refractivity contribution in [2.24, 2.45) is 7.05 Å². The molecule has 2 aromatic carbocycles. The molecule has 316 valence electrons. The predicted molar refractivity (Wildman–Crippen MR) is 220 cm³/mol. The minimum atomic E-state index is -4.00. The van der Waals surface area contributed by atoms with E-state index >= 15 is 4.39 Å². The van der Waals surface area contributed by atoms with E-state index in [1.165, 1.54) is 43.5 Å². The summed E-state index contributed by atoms with van der Waals surface area (Å²) >= 11 is 0. The number of amides is 2. The zero-order valence-corrected chi connectivity index (χ0v) is 34.6. The fourth-order valence-electron chi connectivity index (χ4n) is 7.83. The van der Waals surface area contributed by atoms with E-state index in [2.05, 4.69) is 52.6 Å². The Hall–Kier alpha value is -6.19. The number of nitrogens with one attached hydrogen (secondary N) is 3. The molecule has 2 atom stereocenters. The number of halogens is 1. The number of rotatable bonds is 13. The molecule has 2 aliphatic heterocycles. The molecule has 0 radical (unpaired) electrons. The number of carbonyl (C=O) groups excluding carboxylic acids is 2. The van der Waals surface area contributed by atoms with Crippen LogP contribution in [0.2, 0.25) is 0 Å². The third kappa shape index (κ3) is 7.70. The highest BCUT2D eigenvalue weighted by Crippen LogP contribution is 2.33. The first-order valence-corrected chi connectivity index (χ1v) is 21.1. The third-order valence-electron chi connectivity index (χ3n) is 11.0. The maximum Gasteiger partial charge on any atom is 0.329 e. The Kier molecular flexibility index (Phi) is 10.9. The van der Waals surface area contributed by atoms with E-state index < -0.39 is 27.8 Å². The van der Waals surface area contributed by atoms with Gasteiger partial charge in [-0.15, -0.1) is 5.10 Å².